The molecule has 1 heterocycles. The lowest BCUT2D eigenvalue weighted by Gasteiger charge is -2.10. The minimum Gasteiger partial charge on any atom is -0.324 e. The van der Waals surface area contributed by atoms with Crippen molar-refractivity contribution in [3.8, 4) is 0 Å². The van der Waals surface area contributed by atoms with Crippen LogP contribution in [0.15, 0.2) is 22.9 Å². The van der Waals surface area contributed by atoms with E-state index in [0.717, 1.165) is 10.2 Å². The standard InChI is InChI=1S/C9H11BrN2.ClH/c10-9-7(2-1-5-12-9)8(11)6-3-4-6;/h1-2,5-6,8H,3-4,11H2;1H/t8-;/m0./s1. The van der Waals surface area contributed by atoms with Crippen molar-refractivity contribution >= 4 is 28.3 Å². The molecule has 0 aromatic carbocycles. The predicted octanol–water partition coefficient (Wildman–Crippen LogP) is 2.68. The van der Waals surface area contributed by atoms with E-state index in [0.29, 0.717) is 5.92 Å². The summed E-state index contributed by atoms with van der Waals surface area (Å²) in [5.41, 5.74) is 7.17. The minimum atomic E-state index is 0. The molecule has 13 heavy (non-hydrogen) atoms. The molecule has 4 heteroatoms. The highest BCUT2D eigenvalue weighted by Crippen LogP contribution is 2.40. The molecule has 1 aromatic heterocycles. The topological polar surface area (TPSA) is 38.9 Å². The Morgan fingerprint density at radius 1 is 1.54 bits per heavy atom. The molecule has 0 bridgehead atoms. The highest BCUT2D eigenvalue weighted by Gasteiger charge is 2.30. The second kappa shape index (κ2) is 4.40. The van der Waals surface area contributed by atoms with Crippen LogP contribution in [0, 0.1) is 5.92 Å². The lowest BCUT2D eigenvalue weighted by Crippen LogP contribution is -2.13. The maximum Gasteiger partial charge on any atom is 0.110 e. The van der Waals surface area contributed by atoms with Crippen LogP contribution < -0.4 is 5.73 Å². The van der Waals surface area contributed by atoms with Gasteiger partial charge in [-0.2, -0.15) is 0 Å². The first-order valence-corrected chi connectivity index (χ1v) is 4.94. The third-order valence-electron chi connectivity index (χ3n) is 2.28. The Kier molecular flexibility index (Phi) is 3.71. The van der Waals surface area contributed by atoms with Crippen LogP contribution in [0.4, 0.5) is 0 Å². The quantitative estimate of drug-likeness (QED) is 0.833. The fraction of sp³-hybridized carbons (Fsp3) is 0.444. The second-order valence-electron chi connectivity index (χ2n) is 3.25. The van der Waals surface area contributed by atoms with Gasteiger partial charge in [-0.15, -0.1) is 12.4 Å². The number of rotatable bonds is 2. The fourth-order valence-electron chi connectivity index (χ4n) is 1.36. The van der Waals surface area contributed by atoms with Gasteiger partial charge in [0.1, 0.15) is 4.60 Å². The van der Waals surface area contributed by atoms with Gasteiger partial charge in [0.15, 0.2) is 0 Å². The molecule has 0 radical (unpaired) electrons. The van der Waals surface area contributed by atoms with E-state index >= 15 is 0 Å². The summed E-state index contributed by atoms with van der Waals surface area (Å²) in [6, 6.07) is 4.15. The summed E-state index contributed by atoms with van der Waals surface area (Å²) >= 11 is 3.40. The summed E-state index contributed by atoms with van der Waals surface area (Å²) in [5.74, 6) is 0.686. The van der Waals surface area contributed by atoms with Crippen LogP contribution >= 0.6 is 28.3 Å². The van der Waals surface area contributed by atoms with Crippen LogP contribution in [0.5, 0.6) is 0 Å². The monoisotopic (exact) mass is 262 g/mol. The Bertz CT molecular complexity index is 289. The Morgan fingerprint density at radius 3 is 2.77 bits per heavy atom. The molecule has 2 nitrogen and oxygen atoms in total. The van der Waals surface area contributed by atoms with Gasteiger partial charge in [0.2, 0.25) is 0 Å². The van der Waals surface area contributed by atoms with Crippen molar-refractivity contribution in [3.63, 3.8) is 0 Å². The Labute approximate surface area is 92.5 Å². The summed E-state index contributed by atoms with van der Waals surface area (Å²) < 4.78 is 0.893. The summed E-state index contributed by atoms with van der Waals surface area (Å²) in [7, 11) is 0. The average molecular weight is 264 g/mol. The molecule has 1 aromatic rings. The van der Waals surface area contributed by atoms with E-state index in [9.17, 15) is 0 Å². The van der Waals surface area contributed by atoms with Crippen LogP contribution in [0.25, 0.3) is 0 Å². The number of pyridine rings is 1. The van der Waals surface area contributed by atoms with E-state index in [1.54, 1.807) is 6.20 Å². The van der Waals surface area contributed by atoms with Crippen molar-refractivity contribution in [3.05, 3.63) is 28.5 Å². The number of hydrogen-bond acceptors (Lipinski definition) is 2. The first kappa shape index (κ1) is 11.0. The van der Waals surface area contributed by atoms with E-state index in [-0.39, 0.29) is 18.4 Å². The SMILES string of the molecule is Cl.N[C@H](c1cccnc1Br)C1CC1. The molecule has 72 valence electrons. The number of aromatic nitrogens is 1. The first-order chi connectivity index (χ1) is 5.79. The molecule has 0 saturated heterocycles. The second-order valence-corrected chi connectivity index (χ2v) is 4.00. The van der Waals surface area contributed by atoms with Gasteiger partial charge in [0.25, 0.3) is 0 Å². The lowest BCUT2D eigenvalue weighted by molar-refractivity contribution is 0.627. The molecule has 0 amide bonds. The van der Waals surface area contributed by atoms with Crippen molar-refractivity contribution < 1.29 is 0 Å². The van der Waals surface area contributed by atoms with Gasteiger partial charge in [-0.3, -0.25) is 0 Å². The zero-order valence-electron chi connectivity index (χ0n) is 7.11. The van der Waals surface area contributed by atoms with Crippen LogP contribution in [0.1, 0.15) is 24.4 Å². The van der Waals surface area contributed by atoms with E-state index in [1.807, 2.05) is 12.1 Å². The molecule has 1 saturated carbocycles. The van der Waals surface area contributed by atoms with Crippen molar-refractivity contribution in [1.82, 2.24) is 4.98 Å². The minimum absolute atomic E-state index is 0. The van der Waals surface area contributed by atoms with Crippen LogP contribution in [0.3, 0.4) is 0 Å². The summed E-state index contributed by atoms with van der Waals surface area (Å²) in [4.78, 5) is 4.15. The Hall–Kier alpha value is -0.120. The molecular formula is C9H12BrClN2. The summed E-state index contributed by atoms with van der Waals surface area (Å²) in [5, 5.41) is 0. The van der Waals surface area contributed by atoms with Crippen LogP contribution in [0.2, 0.25) is 0 Å². The van der Waals surface area contributed by atoms with Gasteiger partial charge in [-0.25, -0.2) is 4.98 Å². The smallest absolute Gasteiger partial charge is 0.110 e. The molecule has 2 N–H and O–H groups in total. The average Bonchev–Trinajstić information content (AvgIpc) is 2.86. The maximum absolute atomic E-state index is 6.03. The van der Waals surface area contributed by atoms with Gasteiger partial charge >= 0.3 is 0 Å². The number of nitrogens with zero attached hydrogens (tertiary/aromatic N) is 1. The van der Waals surface area contributed by atoms with Gasteiger partial charge < -0.3 is 5.73 Å². The highest BCUT2D eigenvalue weighted by molar-refractivity contribution is 9.10. The Balaban J connectivity index is 0.000000845. The van der Waals surface area contributed by atoms with E-state index < -0.39 is 0 Å². The van der Waals surface area contributed by atoms with Crippen molar-refractivity contribution in [2.45, 2.75) is 18.9 Å². The lowest BCUT2D eigenvalue weighted by atomic mass is 10.1. The number of hydrogen-bond donors (Lipinski definition) is 1. The molecule has 0 spiro atoms. The molecule has 1 aliphatic carbocycles. The third kappa shape index (κ3) is 2.42. The zero-order valence-corrected chi connectivity index (χ0v) is 9.51. The molecular weight excluding hydrogens is 251 g/mol. The summed E-state index contributed by atoms with van der Waals surface area (Å²) in [6.45, 7) is 0. The zero-order chi connectivity index (χ0) is 8.55. The molecule has 1 aliphatic rings. The third-order valence-corrected chi connectivity index (χ3v) is 2.94. The van der Waals surface area contributed by atoms with Crippen molar-refractivity contribution in [2.24, 2.45) is 11.7 Å². The molecule has 1 atom stereocenters. The number of nitrogens with two attached hydrogens (primary N) is 1. The van der Waals surface area contributed by atoms with E-state index in [2.05, 4.69) is 20.9 Å². The normalized spacial score (nSPS) is 17.7. The van der Waals surface area contributed by atoms with E-state index in [4.69, 9.17) is 5.73 Å². The molecule has 2 rings (SSSR count). The molecule has 1 fully saturated rings. The summed E-state index contributed by atoms with van der Waals surface area (Å²) in [6.07, 6.45) is 4.30. The predicted molar refractivity (Wildman–Crippen MR) is 58.8 cm³/mol. The van der Waals surface area contributed by atoms with Gasteiger partial charge in [-0.05, 0) is 40.8 Å². The highest BCUT2D eigenvalue weighted by atomic mass is 79.9. The maximum atomic E-state index is 6.03. The van der Waals surface area contributed by atoms with Crippen molar-refractivity contribution in [1.29, 1.82) is 0 Å². The van der Waals surface area contributed by atoms with Crippen LogP contribution in [-0.4, -0.2) is 4.98 Å². The van der Waals surface area contributed by atoms with Crippen LogP contribution in [-0.2, 0) is 0 Å². The fourth-order valence-corrected chi connectivity index (χ4v) is 1.87. The van der Waals surface area contributed by atoms with Crippen molar-refractivity contribution in [2.75, 3.05) is 0 Å². The van der Waals surface area contributed by atoms with E-state index in [1.165, 1.54) is 12.8 Å². The van der Waals surface area contributed by atoms with Gasteiger partial charge in [0.05, 0.1) is 0 Å². The first-order valence-electron chi connectivity index (χ1n) is 4.15. The molecule has 0 unspecified atom stereocenters. The van der Waals surface area contributed by atoms with Gasteiger partial charge in [0, 0.05) is 17.8 Å². The Morgan fingerprint density at radius 2 is 2.23 bits per heavy atom. The largest absolute Gasteiger partial charge is 0.324 e. The number of halogens is 2. The molecule has 0 aliphatic heterocycles. The van der Waals surface area contributed by atoms with Gasteiger partial charge in [-0.1, -0.05) is 6.07 Å².